The third kappa shape index (κ3) is 5.05. The molecule has 126 valence electrons. The molecule has 0 aliphatic carbocycles. The van der Waals surface area contributed by atoms with E-state index >= 15 is 0 Å². The van der Waals surface area contributed by atoms with Gasteiger partial charge in [0.05, 0.1) is 12.6 Å². The lowest BCUT2D eigenvalue weighted by atomic mass is 10.2. The van der Waals surface area contributed by atoms with Crippen LogP contribution in [-0.4, -0.2) is 72.9 Å². The van der Waals surface area contributed by atoms with Gasteiger partial charge in [0.15, 0.2) is 5.96 Å². The van der Waals surface area contributed by atoms with Gasteiger partial charge < -0.3 is 25.0 Å². The van der Waals surface area contributed by atoms with Gasteiger partial charge in [0.1, 0.15) is 5.60 Å². The van der Waals surface area contributed by atoms with Crippen LogP contribution in [0, 0.1) is 0 Å². The number of hydrogen-bond donors (Lipinski definition) is 1. The molecule has 0 aromatic rings. The summed E-state index contributed by atoms with van der Waals surface area (Å²) in [5, 5.41) is 0. The first kappa shape index (κ1) is 16.9. The normalized spacial score (nSPS) is 23.8. The van der Waals surface area contributed by atoms with Crippen molar-refractivity contribution in [3.05, 3.63) is 0 Å². The van der Waals surface area contributed by atoms with E-state index < -0.39 is 5.60 Å². The van der Waals surface area contributed by atoms with Crippen molar-refractivity contribution in [2.75, 3.05) is 39.3 Å². The summed E-state index contributed by atoms with van der Waals surface area (Å²) in [7, 11) is 0. The molecule has 1 unspecified atom stereocenters. The molecule has 0 aromatic heterocycles. The van der Waals surface area contributed by atoms with Crippen LogP contribution >= 0.6 is 0 Å². The Morgan fingerprint density at radius 2 is 1.91 bits per heavy atom. The third-order valence-corrected chi connectivity index (χ3v) is 3.74. The Labute approximate surface area is 132 Å². The number of rotatable bonds is 2. The minimum Gasteiger partial charge on any atom is -0.444 e. The van der Waals surface area contributed by atoms with E-state index in [0.29, 0.717) is 38.7 Å². The Kier molecular flexibility index (Phi) is 5.50. The Morgan fingerprint density at radius 1 is 1.27 bits per heavy atom. The van der Waals surface area contributed by atoms with Crippen LogP contribution in [0.1, 0.15) is 33.6 Å². The molecular formula is C15H28N4O3. The smallest absolute Gasteiger partial charge is 0.410 e. The van der Waals surface area contributed by atoms with Gasteiger partial charge in [-0.15, -0.1) is 0 Å². The Balaban J connectivity index is 1.76. The fourth-order valence-electron chi connectivity index (χ4n) is 2.53. The van der Waals surface area contributed by atoms with E-state index in [1.54, 1.807) is 4.90 Å². The number of carbonyl (C=O) groups is 1. The topological polar surface area (TPSA) is 80.4 Å². The zero-order valence-corrected chi connectivity index (χ0v) is 13.9. The second-order valence-electron chi connectivity index (χ2n) is 6.79. The average Bonchev–Trinajstić information content (AvgIpc) is 2.96. The SMILES string of the molecule is CC(C)(C)OC(=O)N1CCN(C(N)=NCC2CCCO2)CC1. The molecule has 0 radical (unpaired) electrons. The van der Waals surface area contributed by atoms with Gasteiger partial charge in [-0.1, -0.05) is 0 Å². The second-order valence-corrected chi connectivity index (χ2v) is 6.79. The van der Waals surface area contributed by atoms with Crippen LogP contribution < -0.4 is 5.73 Å². The van der Waals surface area contributed by atoms with Crippen LogP contribution in [0.5, 0.6) is 0 Å². The number of carbonyl (C=O) groups excluding carboxylic acids is 1. The van der Waals surface area contributed by atoms with Gasteiger partial charge in [0.25, 0.3) is 0 Å². The number of piperazine rings is 1. The van der Waals surface area contributed by atoms with Crippen LogP contribution in [0.25, 0.3) is 0 Å². The molecule has 2 saturated heterocycles. The van der Waals surface area contributed by atoms with E-state index in [4.69, 9.17) is 15.2 Å². The quantitative estimate of drug-likeness (QED) is 0.608. The molecule has 2 N–H and O–H groups in total. The molecule has 7 heteroatoms. The van der Waals surface area contributed by atoms with Gasteiger partial charge in [-0.05, 0) is 33.6 Å². The van der Waals surface area contributed by atoms with E-state index in [9.17, 15) is 4.79 Å². The summed E-state index contributed by atoms with van der Waals surface area (Å²) in [5.41, 5.74) is 5.57. The van der Waals surface area contributed by atoms with Gasteiger partial charge >= 0.3 is 6.09 Å². The van der Waals surface area contributed by atoms with Gasteiger partial charge in [0.2, 0.25) is 0 Å². The fraction of sp³-hybridized carbons (Fsp3) is 0.867. The lowest BCUT2D eigenvalue weighted by molar-refractivity contribution is 0.0186. The molecule has 2 heterocycles. The highest BCUT2D eigenvalue weighted by Crippen LogP contribution is 2.13. The predicted octanol–water partition coefficient (Wildman–Crippen LogP) is 1.03. The molecule has 2 rings (SSSR count). The zero-order valence-electron chi connectivity index (χ0n) is 13.9. The van der Waals surface area contributed by atoms with Crippen molar-refractivity contribution in [1.29, 1.82) is 0 Å². The van der Waals surface area contributed by atoms with Crippen molar-refractivity contribution < 1.29 is 14.3 Å². The van der Waals surface area contributed by atoms with Crippen LogP contribution in [0.15, 0.2) is 4.99 Å². The largest absolute Gasteiger partial charge is 0.444 e. The Hall–Kier alpha value is -1.50. The van der Waals surface area contributed by atoms with Crippen LogP contribution in [0.4, 0.5) is 4.79 Å². The maximum atomic E-state index is 12.0. The van der Waals surface area contributed by atoms with Crippen LogP contribution in [-0.2, 0) is 9.47 Å². The molecule has 2 aliphatic rings. The molecule has 0 spiro atoms. The van der Waals surface area contributed by atoms with E-state index in [1.807, 2.05) is 25.7 Å². The van der Waals surface area contributed by atoms with Gasteiger partial charge in [-0.3, -0.25) is 4.99 Å². The summed E-state index contributed by atoms with van der Waals surface area (Å²) in [6.07, 6.45) is 2.11. The molecule has 2 fully saturated rings. The second kappa shape index (κ2) is 7.17. The van der Waals surface area contributed by atoms with Crippen LogP contribution in [0.3, 0.4) is 0 Å². The van der Waals surface area contributed by atoms with Gasteiger partial charge in [0, 0.05) is 32.8 Å². The average molecular weight is 312 g/mol. The first-order valence-corrected chi connectivity index (χ1v) is 7.99. The highest BCUT2D eigenvalue weighted by Gasteiger charge is 2.26. The molecule has 0 aromatic carbocycles. The lowest BCUT2D eigenvalue weighted by Crippen LogP contribution is -2.53. The molecule has 0 saturated carbocycles. The van der Waals surface area contributed by atoms with E-state index in [0.717, 1.165) is 19.4 Å². The van der Waals surface area contributed by atoms with Gasteiger partial charge in [-0.2, -0.15) is 0 Å². The highest BCUT2D eigenvalue weighted by molar-refractivity contribution is 5.78. The summed E-state index contributed by atoms with van der Waals surface area (Å²) >= 11 is 0. The van der Waals surface area contributed by atoms with Crippen molar-refractivity contribution >= 4 is 12.1 Å². The van der Waals surface area contributed by atoms with E-state index in [2.05, 4.69) is 4.99 Å². The standard InChI is InChI=1S/C15H28N4O3/c1-15(2,3)22-14(20)19-8-6-18(7-9-19)13(16)17-11-12-5-4-10-21-12/h12H,4-11H2,1-3H3,(H2,16,17). The minimum atomic E-state index is -0.462. The lowest BCUT2D eigenvalue weighted by Gasteiger charge is -2.36. The van der Waals surface area contributed by atoms with E-state index in [-0.39, 0.29) is 12.2 Å². The monoisotopic (exact) mass is 312 g/mol. The number of hydrogen-bond acceptors (Lipinski definition) is 4. The van der Waals surface area contributed by atoms with E-state index in [1.165, 1.54) is 0 Å². The molecule has 1 amide bonds. The fourth-order valence-corrected chi connectivity index (χ4v) is 2.53. The van der Waals surface area contributed by atoms with Crippen molar-refractivity contribution in [3.8, 4) is 0 Å². The number of amides is 1. The molecule has 7 nitrogen and oxygen atoms in total. The summed E-state index contributed by atoms with van der Waals surface area (Å²) < 4.78 is 10.9. The third-order valence-electron chi connectivity index (χ3n) is 3.74. The first-order chi connectivity index (χ1) is 10.3. The van der Waals surface area contributed by atoms with Gasteiger partial charge in [-0.25, -0.2) is 4.79 Å². The predicted molar refractivity (Wildman–Crippen MR) is 84.8 cm³/mol. The maximum Gasteiger partial charge on any atom is 0.410 e. The number of nitrogens with two attached hydrogens (primary N) is 1. The zero-order chi connectivity index (χ0) is 16.2. The molecule has 0 bridgehead atoms. The summed E-state index contributed by atoms with van der Waals surface area (Å²) in [4.78, 5) is 20.1. The van der Waals surface area contributed by atoms with Crippen molar-refractivity contribution in [2.24, 2.45) is 10.7 Å². The Morgan fingerprint density at radius 3 is 2.45 bits per heavy atom. The van der Waals surface area contributed by atoms with Crippen molar-refractivity contribution in [2.45, 2.75) is 45.3 Å². The first-order valence-electron chi connectivity index (χ1n) is 7.99. The summed E-state index contributed by atoms with van der Waals surface area (Å²) in [6, 6.07) is 0. The number of guanidine groups is 1. The molecule has 22 heavy (non-hydrogen) atoms. The highest BCUT2D eigenvalue weighted by atomic mass is 16.6. The minimum absolute atomic E-state index is 0.210. The number of nitrogens with zero attached hydrogens (tertiary/aromatic N) is 3. The van der Waals surface area contributed by atoms with Crippen molar-refractivity contribution in [1.82, 2.24) is 9.80 Å². The number of ether oxygens (including phenoxy) is 2. The molecular weight excluding hydrogens is 284 g/mol. The number of aliphatic imine (C=N–C) groups is 1. The summed E-state index contributed by atoms with van der Waals surface area (Å²) in [5.74, 6) is 0.541. The van der Waals surface area contributed by atoms with Crippen LogP contribution in [0.2, 0.25) is 0 Å². The molecule has 2 aliphatic heterocycles. The van der Waals surface area contributed by atoms with Crippen molar-refractivity contribution in [3.63, 3.8) is 0 Å². The Bertz CT molecular complexity index is 406. The molecule has 1 atom stereocenters. The summed E-state index contributed by atoms with van der Waals surface area (Å²) in [6.45, 7) is 9.63. The maximum absolute atomic E-state index is 12.0.